The van der Waals surface area contributed by atoms with Crippen LogP contribution in [-0.2, 0) is 11.2 Å². The molecule has 0 saturated carbocycles. The number of nitrogens with two attached hydrogens (primary N) is 1. The summed E-state index contributed by atoms with van der Waals surface area (Å²) in [6.07, 6.45) is 3.82. The smallest absolute Gasteiger partial charge is 0.132 e. The Kier molecular flexibility index (Phi) is 4.02. The number of Topliss-reactive ketones (excluding diaryl/α,β-unsaturated/α-hetero) is 1. The van der Waals surface area contributed by atoms with Gasteiger partial charge in [-0.1, -0.05) is 13.0 Å². The van der Waals surface area contributed by atoms with Crippen molar-refractivity contribution >= 4 is 5.78 Å². The summed E-state index contributed by atoms with van der Waals surface area (Å²) in [6.45, 7) is 2.02. The Morgan fingerprint density at radius 3 is 2.94 bits per heavy atom. The molecule has 0 aromatic heterocycles. The number of carbonyl (C=O) groups excluding carboxylic acids is 1. The molecule has 2 unspecified atom stereocenters. The molecule has 1 aliphatic carbocycles. The molecule has 0 spiro atoms. The summed E-state index contributed by atoms with van der Waals surface area (Å²) in [5, 5.41) is 9.55. The van der Waals surface area contributed by atoms with Crippen LogP contribution in [0.3, 0.4) is 0 Å². The Hall–Kier alpha value is -1.35. The van der Waals surface area contributed by atoms with Crippen LogP contribution in [0.1, 0.15) is 49.7 Å². The van der Waals surface area contributed by atoms with E-state index in [2.05, 4.69) is 0 Å². The number of phenolic OH excluding ortho intramolecular Hbond substituents is 1. The Morgan fingerprint density at radius 2 is 2.22 bits per heavy atom. The van der Waals surface area contributed by atoms with Gasteiger partial charge in [-0.25, -0.2) is 0 Å². The van der Waals surface area contributed by atoms with Gasteiger partial charge in [0.05, 0.1) is 0 Å². The average Bonchev–Trinajstić information content (AvgIpc) is 2.62. The Bertz CT molecular complexity index is 442. The maximum absolute atomic E-state index is 11.6. The topological polar surface area (TPSA) is 63.3 Å². The lowest BCUT2D eigenvalue weighted by Gasteiger charge is -2.16. The third-order valence-corrected chi connectivity index (χ3v) is 3.76. The van der Waals surface area contributed by atoms with Crippen LogP contribution in [0.15, 0.2) is 18.2 Å². The lowest BCUT2D eigenvalue weighted by Crippen LogP contribution is -2.25. The fourth-order valence-electron chi connectivity index (χ4n) is 2.83. The van der Waals surface area contributed by atoms with E-state index in [1.165, 1.54) is 5.56 Å². The molecule has 3 N–H and O–H groups in total. The minimum Gasteiger partial charge on any atom is -0.508 e. The van der Waals surface area contributed by atoms with Crippen LogP contribution in [0.4, 0.5) is 0 Å². The zero-order valence-electron chi connectivity index (χ0n) is 10.9. The second kappa shape index (κ2) is 5.53. The maximum atomic E-state index is 11.6. The van der Waals surface area contributed by atoms with Crippen LogP contribution in [0.2, 0.25) is 0 Å². The molecule has 0 aliphatic heterocycles. The molecular weight excluding hydrogens is 226 g/mol. The molecule has 1 aliphatic rings. The van der Waals surface area contributed by atoms with Crippen LogP contribution < -0.4 is 5.73 Å². The number of ketones is 1. The number of fused-ring (bicyclic) bond motifs is 1. The standard InChI is InChI=1S/C15H21NO2/c1-2-3-11(17)6-7-13-14-9-12(18)5-4-10(14)8-15(13)16/h4-5,9,13,15,18H,2-3,6-8,16H2,1H3. The second-order valence-corrected chi connectivity index (χ2v) is 5.18. The van der Waals surface area contributed by atoms with Crippen LogP contribution in [0.5, 0.6) is 5.75 Å². The van der Waals surface area contributed by atoms with Crippen molar-refractivity contribution in [2.24, 2.45) is 5.73 Å². The van der Waals surface area contributed by atoms with Crippen LogP contribution in [0, 0.1) is 0 Å². The van der Waals surface area contributed by atoms with Crippen molar-refractivity contribution in [3.8, 4) is 5.75 Å². The Labute approximate surface area is 108 Å². The molecule has 1 aromatic carbocycles. The molecule has 0 bridgehead atoms. The summed E-state index contributed by atoms with van der Waals surface area (Å²) >= 11 is 0. The van der Waals surface area contributed by atoms with Crippen molar-refractivity contribution in [2.45, 2.75) is 51.0 Å². The third kappa shape index (κ3) is 2.72. The first kappa shape index (κ1) is 13.1. The van der Waals surface area contributed by atoms with Crippen LogP contribution in [-0.4, -0.2) is 16.9 Å². The molecule has 3 nitrogen and oxygen atoms in total. The molecule has 2 atom stereocenters. The minimum atomic E-state index is 0.0798. The monoisotopic (exact) mass is 247 g/mol. The molecule has 2 rings (SSSR count). The Balaban J connectivity index is 2.05. The summed E-state index contributed by atoms with van der Waals surface area (Å²) in [5.74, 6) is 0.818. The van der Waals surface area contributed by atoms with Gasteiger partial charge in [-0.05, 0) is 42.5 Å². The van der Waals surface area contributed by atoms with Crippen molar-refractivity contribution in [1.29, 1.82) is 0 Å². The maximum Gasteiger partial charge on any atom is 0.132 e. The molecule has 1 aromatic rings. The first-order chi connectivity index (χ1) is 8.61. The lowest BCUT2D eigenvalue weighted by molar-refractivity contribution is -0.119. The van der Waals surface area contributed by atoms with Crippen LogP contribution >= 0.6 is 0 Å². The van der Waals surface area contributed by atoms with Crippen LogP contribution in [0.25, 0.3) is 0 Å². The molecule has 0 heterocycles. The van der Waals surface area contributed by atoms with E-state index >= 15 is 0 Å². The van der Waals surface area contributed by atoms with Gasteiger partial charge in [0.25, 0.3) is 0 Å². The highest BCUT2D eigenvalue weighted by Gasteiger charge is 2.30. The largest absolute Gasteiger partial charge is 0.508 e. The summed E-state index contributed by atoms with van der Waals surface area (Å²) in [4.78, 5) is 11.6. The molecular formula is C15H21NO2. The zero-order chi connectivity index (χ0) is 13.1. The SMILES string of the molecule is CCCC(=O)CCC1c2cc(O)ccc2CC1N. The number of rotatable bonds is 5. The molecule has 3 heteroatoms. The second-order valence-electron chi connectivity index (χ2n) is 5.18. The molecule has 0 radical (unpaired) electrons. The highest BCUT2D eigenvalue weighted by atomic mass is 16.3. The molecule has 0 amide bonds. The van der Waals surface area contributed by atoms with E-state index in [0.717, 1.165) is 24.8 Å². The first-order valence-electron chi connectivity index (χ1n) is 6.71. The van der Waals surface area contributed by atoms with Gasteiger partial charge in [-0.2, -0.15) is 0 Å². The highest BCUT2D eigenvalue weighted by Crippen LogP contribution is 2.37. The number of carbonyl (C=O) groups is 1. The summed E-state index contributed by atoms with van der Waals surface area (Å²) in [6, 6.07) is 5.53. The number of aromatic hydroxyl groups is 1. The number of hydrogen-bond donors (Lipinski definition) is 2. The predicted octanol–water partition coefficient (Wildman–Crippen LogP) is 2.51. The van der Waals surface area contributed by atoms with E-state index in [1.54, 1.807) is 12.1 Å². The number of benzene rings is 1. The zero-order valence-corrected chi connectivity index (χ0v) is 10.9. The van der Waals surface area contributed by atoms with Crippen molar-refractivity contribution < 1.29 is 9.90 Å². The molecule has 98 valence electrons. The highest BCUT2D eigenvalue weighted by molar-refractivity contribution is 5.78. The summed E-state index contributed by atoms with van der Waals surface area (Å²) < 4.78 is 0. The molecule has 18 heavy (non-hydrogen) atoms. The molecule has 0 saturated heterocycles. The van der Waals surface area contributed by atoms with Gasteiger partial charge in [0.1, 0.15) is 11.5 Å². The van der Waals surface area contributed by atoms with Gasteiger partial charge in [-0.15, -0.1) is 0 Å². The predicted molar refractivity (Wildman–Crippen MR) is 71.7 cm³/mol. The van der Waals surface area contributed by atoms with Crippen molar-refractivity contribution in [3.05, 3.63) is 29.3 Å². The minimum absolute atomic E-state index is 0.0798. The average molecular weight is 247 g/mol. The van der Waals surface area contributed by atoms with Gasteiger partial charge in [0, 0.05) is 24.8 Å². The number of phenols is 1. The lowest BCUT2D eigenvalue weighted by atomic mass is 9.92. The van der Waals surface area contributed by atoms with Crippen molar-refractivity contribution in [2.75, 3.05) is 0 Å². The van der Waals surface area contributed by atoms with Crippen molar-refractivity contribution in [1.82, 2.24) is 0 Å². The Morgan fingerprint density at radius 1 is 1.44 bits per heavy atom. The summed E-state index contributed by atoms with van der Waals surface area (Å²) in [7, 11) is 0. The van der Waals surface area contributed by atoms with Crippen molar-refractivity contribution in [3.63, 3.8) is 0 Å². The van der Waals surface area contributed by atoms with Gasteiger partial charge >= 0.3 is 0 Å². The number of hydrogen-bond acceptors (Lipinski definition) is 3. The third-order valence-electron chi connectivity index (χ3n) is 3.76. The van der Waals surface area contributed by atoms with E-state index in [1.807, 2.05) is 13.0 Å². The summed E-state index contributed by atoms with van der Waals surface area (Å²) in [5.41, 5.74) is 8.49. The van der Waals surface area contributed by atoms with Gasteiger partial charge in [-0.3, -0.25) is 4.79 Å². The fourth-order valence-corrected chi connectivity index (χ4v) is 2.83. The first-order valence-corrected chi connectivity index (χ1v) is 6.71. The van der Waals surface area contributed by atoms with Gasteiger partial charge < -0.3 is 10.8 Å². The fraction of sp³-hybridized carbons (Fsp3) is 0.533. The van der Waals surface area contributed by atoms with Gasteiger partial charge in [0.15, 0.2) is 0 Å². The van der Waals surface area contributed by atoms with E-state index in [-0.39, 0.29) is 17.7 Å². The van der Waals surface area contributed by atoms with E-state index in [0.29, 0.717) is 18.6 Å². The quantitative estimate of drug-likeness (QED) is 0.840. The molecule has 0 fully saturated rings. The van der Waals surface area contributed by atoms with Gasteiger partial charge in [0.2, 0.25) is 0 Å². The normalized spacial score (nSPS) is 21.9. The van der Waals surface area contributed by atoms with E-state index in [4.69, 9.17) is 5.73 Å². The van der Waals surface area contributed by atoms with E-state index in [9.17, 15) is 9.90 Å². The van der Waals surface area contributed by atoms with E-state index < -0.39 is 0 Å².